The summed E-state index contributed by atoms with van der Waals surface area (Å²) in [7, 11) is 0.279. The topological polar surface area (TPSA) is 71.8 Å². The van der Waals surface area contributed by atoms with Gasteiger partial charge in [-0.25, -0.2) is 4.98 Å². The first-order chi connectivity index (χ1) is 8.17. The van der Waals surface area contributed by atoms with Crippen molar-refractivity contribution in [1.29, 1.82) is 0 Å². The van der Waals surface area contributed by atoms with Crippen LogP contribution in [0.3, 0.4) is 0 Å². The van der Waals surface area contributed by atoms with Gasteiger partial charge in [-0.1, -0.05) is 6.07 Å². The second kappa shape index (κ2) is 5.26. The fraction of sp³-hybridized carbons (Fsp3) is 0.583. The van der Waals surface area contributed by atoms with Crippen molar-refractivity contribution in [3.8, 4) is 5.88 Å². The number of aliphatic hydroxyl groups is 1. The molecule has 0 spiro atoms. The van der Waals surface area contributed by atoms with E-state index in [0.29, 0.717) is 11.5 Å². The summed E-state index contributed by atoms with van der Waals surface area (Å²) in [5.74, 6) is 0.399. The number of methoxy groups -OCH3 is 1. The maximum Gasteiger partial charge on any atom is 0.511 e. The van der Waals surface area contributed by atoms with Gasteiger partial charge in [0.25, 0.3) is 0 Å². The molecule has 100 valence electrons. The second-order valence-electron chi connectivity index (χ2n) is 5.14. The van der Waals surface area contributed by atoms with Gasteiger partial charge >= 0.3 is 7.12 Å². The van der Waals surface area contributed by atoms with Gasteiger partial charge in [0.05, 0.1) is 23.9 Å². The molecule has 0 radical (unpaired) electrons. The lowest BCUT2D eigenvalue weighted by atomic mass is 9.80. The minimum Gasteiger partial charge on any atom is -0.481 e. The molecule has 0 aliphatic rings. The number of rotatable bonds is 5. The number of hydrogen-bond donors (Lipinski definition) is 2. The van der Waals surface area contributed by atoms with E-state index in [-0.39, 0.29) is 0 Å². The van der Waals surface area contributed by atoms with E-state index in [9.17, 15) is 10.1 Å². The average molecular weight is 253 g/mol. The Kier molecular flexibility index (Phi) is 4.37. The molecule has 6 heteroatoms. The lowest BCUT2D eigenvalue weighted by molar-refractivity contribution is -0.0983. The summed E-state index contributed by atoms with van der Waals surface area (Å²) in [6, 6.07) is 5.02. The predicted molar refractivity (Wildman–Crippen MR) is 69.9 cm³/mol. The predicted octanol–water partition coefficient (Wildman–Crippen LogP) is 0.344. The zero-order valence-corrected chi connectivity index (χ0v) is 11.5. The third-order valence-electron chi connectivity index (χ3n) is 3.09. The second-order valence-corrected chi connectivity index (χ2v) is 5.14. The van der Waals surface area contributed by atoms with Crippen molar-refractivity contribution >= 4 is 12.7 Å². The highest BCUT2D eigenvalue weighted by atomic mass is 16.5. The van der Waals surface area contributed by atoms with Crippen LogP contribution in [-0.4, -0.2) is 40.5 Å². The molecule has 0 aliphatic carbocycles. The molecule has 0 saturated heterocycles. The SMILES string of the molecule is COc1cccc(B(O)OC(C)(C)C(C)(C)O)n1. The first-order valence-corrected chi connectivity index (χ1v) is 5.76. The summed E-state index contributed by atoms with van der Waals surface area (Å²) in [6.45, 7) is 6.66. The summed E-state index contributed by atoms with van der Waals surface area (Å²) in [5.41, 5.74) is -1.67. The zero-order chi connectivity index (χ0) is 14.0. The summed E-state index contributed by atoms with van der Waals surface area (Å²) in [5, 5.41) is 19.9. The summed E-state index contributed by atoms with van der Waals surface area (Å²) in [6.07, 6.45) is 0. The highest BCUT2D eigenvalue weighted by molar-refractivity contribution is 6.59. The molecule has 1 rings (SSSR count). The van der Waals surface area contributed by atoms with Gasteiger partial charge in [0.15, 0.2) is 0 Å². The van der Waals surface area contributed by atoms with Gasteiger partial charge in [-0.2, -0.15) is 0 Å². The molecule has 0 fully saturated rings. The summed E-state index contributed by atoms with van der Waals surface area (Å²) in [4.78, 5) is 4.08. The number of ether oxygens (including phenoxy) is 1. The Morgan fingerprint density at radius 3 is 2.33 bits per heavy atom. The van der Waals surface area contributed by atoms with Crippen LogP contribution in [-0.2, 0) is 4.65 Å². The minimum atomic E-state index is -1.22. The molecule has 5 nitrogen and oxygen atoms in total. The lowest BCUT2D eigenvalue weighted by Crippen LogP contribution is -2.53. The molecule has 0 aromatic carbocycles. The maximum absolute atomic E-state index is 9.99. The highest BCUT2D eigenvalue weighted by Crippen LogP contribution is 2.25. The van der Waals surface area contributed by atoms with Crippen molar-refractivity contribution in [1.82, 2.24) is 4.98 Å². The molecular formula is C12H20BNO4. The monoisotopic (exact) mass is 253 g/mol. The molecule has 0 saturated carbocycles. The molecule has 0 aliphatic heterocycles. The van der Waals surface area contributed by atoms with Gasteiger partial charge in [-0.15, -0.1) is 0 Å². The van der Waals surface area contributed by atoms with Gasteiger partial charge in [0.1, 0.15) is 0 Å². The van der Waals surface area contributed by atoms with E-state index in [2.05, 4.69) is 4.98 Å². The third-order valence-corrected chi connectivity index (χ3v) is 3.09. The Balaban J connectivity index is 2.85. The van der Waals surface area contributed by atoms with Crippen molar-refractivity contribution in [2.45, 2.75) is 38.9 Å². The van der Waals surface area contributed by atoms with Crippen molar-refractivity contribution in [3.05, 3.63) is 18.2 Å². The smallest absolute Gasteiger partial charge is 0.481 e. The minimum absolute atomic E-state index is 0.340. The standard InChI is InChI=1S/C12H20BNO4/c1-11(2,15)12(3,4)18-13(16)9-7-6-8-10(14-9)17-5/h6-8,15-16H,1-5H3. The Bertz CT molecular complexity index is 403. The maximum atomic E-state index is 9.99. The van der Waals surface area contributed by atoms with Crippen LogP contribution in [0.25, 0.3) is 0 Å². The van der Waals surface area contributed by atoms with E-state index in [1.807, 2.05) is 0 Å². The number of aromatic nitrogens is 1. The average Bonchev–Trinajstić information content (AvgIpc) is 2.27. The van der Waals surface area contributed by atoms with E-state index >= 15 is 0 Å². The Morgan fingerprint density at radius 2 is 1.83 bits per heavy atom. The molecule has 0 atom stereocenters. The molecule has 1 aromatic heterocycles. The molecule has 2 N–H and O–H groups in total. The van der Waals surface area contributed by atoms with E-state index in [4.69, 9.17) is 9.39 Å². The van der Waals surface area contributed by atoms with Crippen molar-refractivity contribution in [2.75, 3.05) is 7.11 Å². The summed E-state index contributed by atoms with van der Waals surface area (Å²) >= 11 is 0. The molecule has 1 heterocycles. The van der Waals surface area contributed by atoms with E-state index in [1.165, 1.54) is 7.11 Å². The van der Waals surface area contributed by atoms with Crippen LogP contribution in [0.4, 0.5) is 0 Å². The first-order valence-electron chi connectivity index (χ1n) is 5.76. The van der Waals surface area contributed by atoms with Crippen LogP contribution in [0.2, 0.25) is 0 Å². The molecule has 18 heavy (non-hydrogen) atoms. The van der Waals surface area contributed by atoms with Crippen molar-refractivity contribution in [2.24, 2.45) is 0 Å². The third kappa shape index (κ3) is 3.44. The molecule has 1 aromatic rings. The van der Waals surface area contributed by atoms with Crippen LogP contribution >= 0.6 is 0 Å². The largest absolute Gasteiger partial charge is 0.511 e. The zero-order valence-electron chi connectivity index (χ0n) is 11.5. The summed E-state index contributed by atoms with van der Waals surface area (Å²) < 4.78 is 10.5. The van der Waals surface area contributed by atoms with Gasteiger partial charge < -0.3 is 19.5 Å². The van der Waals surface area contributed by atoms with Gasteiger partial charge in [-0.3, -0.25) is 0 Å². The highest BCUT2D eigenvalue weighted by Gasteiger charge is 2.40. The van der Waals surface area contributed by atoms with Gasteiger partial charge in [-0.05, 0) is 33.8 Å². The molecule has 0 bridgehead atoms. The van der Waals surface area contributed by atoms with Gasteiger partial charge in [0.2, 0.25) is 5.88 Å². The normalized spacial score (nSPS) is 12.4. The van der Waals surface area contributed by atoms with E-state index < -0.39 is 18.3 Å². The van der Waals surface area contributed by atoms with Crippen molar-refractivity contribution in [3.63, 3.8) is 0 Å². The number of nitrogens with zero attached hydrogens (tertiary/aromatic N) is 1. The first kappa shape index (κ1) is 15.0. The van der Waals surface area contributed by atoms with Crippen LogP contribution in [0.5, 0.6) is 5.88 Å². The van der Waals surface area contributed by atoms with Crippen molar-refractivity contribution < 1.29 is 19.5 Å². The fourth-order valence-corrected chi connectivity index (χ4v) is 1.17. The Labute approximate surface area is 108 Å². The lowest BCUT2D eigenvalue weighted by Gasteiger charge is -2.38. The molecule has 0 unspecified atom stereocenters. The van der Waals surface area contributed by atoms with Crippen LogP contribution in [0.15, 0.2) is 18.2 Å². The number of pyridine rings is 1. The van der Waals surface area contributed by atoms with Crippen LogP contribution in [0.1, 0.15) is 27.7 Å². The molecular weight excluding hydrogens is 233 g/mol. The quantitative estimate of drug-likeness (QED) is 0.740. The van der Waals surface area contributed by atoms with Crippen LogP contribution in [0, 0.1) is 0 Å². The van der Waals surface area contributed by atoms with E-state index in [1.54, 1.807) is 45.9 Å². The Hall–Kier alpha value is -1.11. The van der Waals surface area contributed by atoms with Gasteiger partial charge in [0, 0.05) is 6.07 Å². The van der Waals surface area contributed by atoms with E-state index in [0.717, 1.165) is 0 Å². The molecule has 0 amide bonds. The Morgan fingerprint density at radius 1 is 1.22 bits per heavy atom. The number of hydrogen-bond acceptors (Lipinski definition) is 5. The fourth-order valence-electron chi connectivity index (χ4n) is 1.17. The van der Waals surface area contributed by atoms with Crippen LogP contribution < -0.4 is 10.3 Å².